The highest BCUT2D eigenvalue weighted by atomic mass is 16.9. The van der Waals surface area contributed by atoms with Crippen molar-refractivity contribution in [1.29, 1.82) is 0 Å². The maximum absolute atomic E-state index is 11.3. The van der Waals surface area contributed by atoms with Crippen LogP contribution >= 0.6 is 0 Å². The number of H-pyrrole nitrogens is 1. The number of rotatable bonds is 4. The van der Waals surface area contributed by atoms with E-state index in [1.807, 2.05) is 0 Å². The number of aldehydes is 1. The van der Waals surface area contributed by atoms with Crippen molar-refractivity contribution in [3.63, 3.8) is 0 Å². The highest BCUT2D eigenvalue weighted by Crippen LogP contribution is 2.25. The summed E-state index contributed by atoms with van der Waals surface area (Å²) in [5.74, 6) is -0.795. The summed E-state index contributed by atoms with van der Waals surface area (Å²) in [6.45, 7) is 0. The fourth-order valence-electron chi connectivity index (χ4n) is 1.59. The van der Waals surface area contributed by atoms with Gasteiger partial charge in [0.25, 0.3) is 0 Å². The van der Waals surface area contributed by atoms with E-state index in [4.69, 9.17) is 15.3 Å². The smallest absolute Gasteiger partial charge is 0.417 e. The second-order valence-electron chi connectivity index (χ2n) is 3.57. The molecule has 0 fully saturated rings. The SMILES string of the molecule is O=CC(=O)c1c[nH]c2ccc(OC(O)(O)O)cc12. The van der Waals surface area contributed by atoms with E-state index in [0.717, 1.165) is 0 Å². The predicted octanol–water partition coefficient (Wildman–Crippen LogP) is -0.484. The van der Waals surface area contributed by atoms with Gasteiger partial charge in [0, 0.05) is 17.1 Å². The van der Waals surface area contributed by atoms with E-state index in [2.05, 4.69) is 9.72 Å². The maximum Gasteiger partial charge on any atom is 0.453 e. The van der Waals surface area contributed by atoms with Gasteiger partial charge in [-0.1, -0.05) is 0 Å². The molecule has 0 bridgehead atoms. The lowest BCUT2D eigenvalue weighted by Crippen LogP contribution is -2.34. The Bertz CT molecular complexity index is 610. The van der Waals surface area contributed by atoms with Gasteiger partial charge in [0.1, 0.15) is 5.75 Å². The van der Waals surface area contributed by atoms with Gasteiger partial charge in [-0.3, -0.25) is 9.59 Å². The van der Waals surface area contributed by atoms with Gasteiger partial charge in [0.2, 0.25) is 5.78 Å². The number of aromatic amines is 1. The minimum Gasteiger partial charge on any atom is -0.417 e. The molecule has 4 N–H and O–H groups in total. The minimum absolute atomic E-state index is 0.0745. The van der Waals surface area contributed by atoms with Crippen molar-refractivity contribution in [3.05, 3.63) is 30.0 Å². The molecule has 0 aliphatic rings. The summed E-state index contributed by atoms with van der Waals surface area (Å²) in [6, 6.07) is 4.14. The van der Waals surface area contributed by atoms with Crippen LogP contribution in [0.2, 0.25) is 0 Å². The van der Waals surface area contributed by atoms with Crippen LogP contribution in [0.15, 0.2) is 24.4 Å². The first-order chi connectivity index (χ1) is 8.40. The van der Waals surface area contributed by atoms with E-state index in [1.54, 1.807) is 0 Å². The summed E-state index contributed by atoms with van der Waals surface area (Å²) in [6.07, 6.45) is -1.78. The van der Waals surface area contributed by atoms with Gasteiger partial charge in [-0.15, -0.1) is 0 Å². The Morgan fingerprint density at radius 1 is 1.33 bits per heavy atom. The van der Waals surface area contributed by atoms with Crippen molar-refractivity contribution in [1.82, 2.24) is 4.98 Å². The summed E-state index contributed by atoms with van der Waals surface area (Å²) < 4.78 is 4.40. The molecule has 1 heterocycles. The fraction of sp³-hybridized carbons (Fsp3) is 0.0909. The number of hydrogen-bond donors (Lipinski definition) is 4. The molecule has 7 nitrogen and oxygen atoms in total. The number of benzene rings is 1. The van der Waals surface area contributed by atoms with E-state index < -0.39 is 11.9 Å². The summed E-state index contributed by atoms with van der Waals surface area (Å²) >= 11 is 0. The van der Waals surface area contributed by atoms with Crippen LogP contribution < -0.4 is 4.74 Å². The number of aliphatic hydroxyl groups is 3. The molecule has 94 valence electrons. The van der Waals surface area contributed by atoms with Gasteiger partial charge >= 0.3 is 6.16 Å². The zero-order valence-corrected chi connectivity index (χ0v) is 8.95. The molecule has 0 unspecified atom stereocenters. The standard InChI is InChI=1S/C11H9NO6/c13-5-10(14)8-4-12-9-2-1-6(3-7(8)9)18-11(15,16)17/h1-5,12,15-17H. The van der Waals surface area contributed by atoms with Crippen LogP contribution in [0.5, 0.6) is 5.75 Å². The number of carbonyl (C=O) groups is 2. The summed E-state index contributed by atoms with van der Waals surface area (Å²) in [7, 11) is 0. The summed E-state index contributed by atoms with van der Waals surface area (Å²) in [4.78, 5) is 24.5. The Balaban J connectivity index is 2.49. The Labute approximate surface area is 100 Å². The number of Topliss-reactive ketones (excluding diaryl/α,β-unsaturated/α-hetero) is 1. The Hall–Kier alpha value is -2.22. The first-order valence-electron chi connectivity index (χ1n) is 4.87. The third-order valence-electron chi connectivity index (χ3n) is 2.28. The number of nitrogens with one attached hydrogen (secondary N) is 1. The highest BCUT2D eigenvalue weighted by molar-refractivity contribution is 6.36. The number of carbonyl (C=O) groups excluding carboxylic acids is 2. The fourth-order valence-corrected chi connectivity index (χ4v) is 1.59. The van der Waals surface area contributed by atoms with Crippen molar-refractivity contribution >= 4 is 23.0 Å². The third-order valence-corrected chi connectivity index (χ3v) is 2.28. The van der Waals surface area contributed by atoms with Gasteiger partial charge in [0.05, 0.1) is 5.56 Å². The molecule has 0 spiro atoms. The van der Waals surface area contributed by atoms with Gasteiger partial charge < -0.3 is 25.0 Å². The molecule has 1 aromatic heterocycles. The molecule has 2 rings (SSSR count). The summed E-state index contributed by atoms with van der Waals surface area (Å²) in [5.41, 5.74) is 0.692. The Morgan fingerprint density at radius 3 is 2.67 bits per heavy atom. The van der Waals surface area contributed by atoms with Crippen molar-refractivity contribution in [2.45, 2.75) is 6.16 Å². The van der Waals surface area contributed by atoms with Crippen LogP contribution in [-0.2, 0) is 4.79 Å². The van der Waals surface area contributed by atoms with Crippen LogP contribution in [0.3, 0.4) is 0 Å². The molecule has 18 heavy (non-hydrogen) atoms. The highest BCUT2D eigenvalue weighted by Gasteiger charge is 2.21. The van der Waals surface area contributed by atoms with E-state index in [0.29, 0.717) is 10.9 Å². The first kappa shape index (κ1) is 12.2. The van der Waals surface area contributed by atoms with E-state index in [-0.39, 0.29) is 17.6 Å². The van der Waals surface area contributed by atoms with Crippen LogP contribution in [0.4, 0.5) is 0 Å². The van der Waals surface area contributed by atoms with Crippen LogP contribution in [0.1, 0.15) is 10.4 Å². The van der Waals surface area contributed by atoms with E-state index >= 15 is 0 Å². The van der Waals surface area contributed by atoms with Crippen LogP contribution in [-0.4, -0.2) is 38.5 Å². The molecule has 0 amide bonds. The average molecular weight is 251 g/mol. The average Bonchev–Trinajstić information content (AvgIpc) is 2.69. The lowest BCUT2D eigenvalue weighted by atomic mass is 10.1. The van der Waals surface area contributed by atoms with Crippen molar-refractivity contribution in [3.8, 4) is 5.75 Å². The molecule has 0 aliphatic carbocycles. The Morgan fingerprint density at radius 2 is 2.06 bits per heavy atom. The topological polar surface area (TPSA) is 120 Å². The van der Waals surface area contributed by atoms with Crippen LogP contribution in [0.25, 0.3) is 10.9 Å². The molecule has 7 heteroatoms. The molecule has 1 aromatic carbocycles. The number of ether oxygens (including phenoxy) is 1. The van der Waals surface area contributed by atoms with Gasteiger partial charge in [-0.2, -0.15) is 0 Å². The zero-order valence-electron chi connectivity index (χ0n) is 8.95. The van der Waals surface area contributed by atoms with Gasteiger partial charge in [0.15, 0.2) is 6.29 Å². The molecule has 0 radical (unpaired) electrons. The largest absolute Gasteiger partial charge is 0.453 e. The molecular weight excluding hydrogens is 242 g/mol. The Kier molecular flexibility index (Phi) is 2.87. The number of hydrogen-bond acceptors (Lipinski definition) is 6. The molecule has 0 saturated heterocycles. The molecule has 2 aromatic rings. The number of ketones is 1. The summed E-state index contributed by atoms with van der Waals surface area (Å²) in [5, 5.41) is 26.4. The van der Waals surface area contributed by atoms with E-state index in [9.17, 15) is 9.59 Å². The second-order valence-corrected chi connectivity index (χ2v) is 3.57. The minimum atomic E-state index is -3.31. The first-order valence-corrected chi connectivity index (χ1v) is 4.87. The van der Waals surface area contributed by atoms with Crippen molar-refractivity contribution < 1.29 is 29.6 Å². The third kappa shape index (κ3) is 2.38. The van der Waals surface area contributed by atoms with Gasteiger partial charge in [-0.25, -0.2) is 0 Å². The predicted molar refractivity (Wildman–Crippen MR) is 58.7 cm³/mol. The monoisotopic (exact) mass is 251 g/mol. The maximum atomic E-state index is 11.3. The lowest BCUT2D eigenvalue weighted by Gasteiger charge is -2.15. The number of aromatic nitrogens is 1. The quantitative estimate of drug-likeness (QED) is 0.252. The van der Waals surface area contributed by atoms with Crippen molar-refractivity contribution in [2.24, 2.45) is 0 Å². The van der Waals surface area contributed by atoms with Gasteiger partial charge in [-0.05, 0) is 18.2 Å². The second kappa shape index (κ2) is 4.22. The molecule has 0 aliphatic heterocycles. The van der Waals surface area contributed by atoms with Crippen LogP contribution in [0, 0.1) is 0 Å². The number of fused-ring (bicyclic) bond motifs is 1. The normalized spacial score (nSPS) is 11.5. The molecule has 0 saturated carbocycles. The molecule has 0 atom stereocenters. The zero-order chi connectivity index (χ0) is 13.3. The molecular formula is C11H9NO6. The van der Waals surface area contributed by atoms with Crippen molar-refractivity contribution in [2.75, 3.05) is 0 Å². The lowest BCUT2D eigenvalue weighted by molar-refractivity contribution is -0.419. The van der Waals surface area contributed by atoms with E-state index in [1.165, 1.54) is 24.4 Å².